The van der Waals surface area contributed by atoms with E-state index in [9.17, 15) is 14.7 Å². The number of benzene rings is 1. The molecular formula is C29H44BrN3O4. The second-order valence-corrected chi connectivity index (χ2v) is 12.1. The molecule has 0 aliphatic carbocycles. The summed E-state index contributed by atoms with van der Waals surface area (Å²) in [6.45, 7) is 19.1. The number of phenols is 1. The number of halogens is 1. The van der Waals surface area contributed by atoms with Crippen molar-refractivity contribution in [3.05, 3.63) is 46.3 Å². The molecule has 1 heterocycles. The molecule has 1 aromatic carbocycles. The van der Waals surface area contributed by atoms with Gasteiger partial charge in [-0.25, -0.2) is 4.79 Å². The molecule has 0 saturated heterocycles. The Morgan fingerprint density at radius 3 is 2.00 bits per heavy atom. The predicted molar refractivity (Wildman–Crippen MR) is 151 cm³/mol. The Hall–Kier alpha value is -2.35. The van der Waals surface area contributed by atoms with Crippen LogP contribution < -0.4 is 5.62 Å². The van der Waals surface area contributed by atoms with Crippen LogP contribution in [-0.2, 0) is 28.7 Å². The zero-order valence-corrected chi connectivity index (χ0v) is 25.5. The lowest BCUT2D eigenvalue weighted by atomic mass is 9.78. The fraction of sp³-hybridized carbons (Fsp3) is 0.621. The topological polar surface area (TPSA) is 85.8 Å². The predicted octanol–water partition coefficient (Wildman–Crippen LogP) is 6.69. The molecule has 8 heteroatoms. The van der Waals surface area contributed by atoms with Gasteiger partial charge in [0, 0.05) is 29.4 Å². The first kappa shape index (κ1) is 30.9. The Kier molecular flexibility index (Phi) is 10.4. The van der Waals surface area contributed by atoms with Gasteiger partial charge in [0.05, 0.1) is 29.3 Å². The van der Waals surface area contributed by atoms with Crippen LogP contribution in [0.25, 0.3) is 0 Å². The summed E-state index contributed by atoms with van der Waals surface area (Å²) < 4.78 is 13.1. The molecular weight excluding hydrogens is 534 g/mol. The van der Waals surface area contributed by atoms with Crippen LogP contribution >= 0.6 is 16.1 Å². The third-order valence-corrected chi connectivity index (χ3v) is 7.22. The fourth-order valence-electron chi connectivity index (χ4n) is 4.53. The van der Waals surface area contributed by atoms with E-state index in [0.717, 1.165) is 30.4 Å². The first-order valence-electron chi connectivity index (χ1n) is 13.2. The number of phenolic OH excluding ortho intramolecular Hbond substituents is 1. The summed E-state index contributed by atoms with van der Waals surface area (Å²) in [7, 11) is 0. The molecule has 37 heavy (non-hydrogen) atoms. The van der Waals surface area contributed by atoms with Gasteiger partial charge in [-0.1, -0.05) is 68.2 Å². The molecule has 0 amide bonds. The van der Waals surface area contributed by atoms with Gasteiger partial charge in [0.15, 0.2) is 5.78 Å². The van der Waals surface area contributed by atoms with Crippen LogP contribution in [0.15, 0.2) is 22.3 Å². The molecule has 2 aromatic rings. The fourth-order valence-corrected chi connectivity index (χ4v) is 4.93. The van der Waals surface area contributed by atoms with E-state index in [2.05, 4.69) is 34.0 Å². The minimum atomic E-state index is -0.440. The van der Waals surface area contributed by atoms with E-state index in [1.807, 2.05) is 46.1 Å². The van der Waals surface area contributed by atoms with Gasteiger partial charge in [0.2, 0.25) is 5.62 Å². The van der Waals surface area contributed by atoms with Crippen molar-refractivity contribution < 1.29 is 19.4 Å². The monoisotopic (exact) mass is 577 g/mol. The highest BCUT2D eigenvalue weighted by Crippen LogP contribution is 2.39. The highest BCUT2D eigenvalue weighted by atomic mass is 79.9. The van der Waals surface area contributed by atoms with Crippen molar-refractivity contribution in [2.75, 3.05) is 6.61 Å². The number of hydrogen-bond acceptors (Lipinski definition) is 5. The van der Waals surface area contributed by atoms with Crippen molar-refractivity contribution in [1.29, 1.82) is 0 Å². The van der Waals surface area contributed by atoms with Gasteiger partial charge in [-0.15, -0.1) is 0 Å². The molecule has 0 radical (unpaired) electrons. The molecule has 206 valence electrons. The van der Waals surface area contributed by atoms with E-state index in [0.29, 0.717) is 29.3 Å². The molecule has 0 fully saturated rings. The highest BCUT2D eigenvalue weighted by Gasteiger charge is 2.28. The maximum Gasteiger partial charge on any atom is 0.356 e. The Morgan fingerprint density at radius 1 is 1.03 bits per heavy atom. The molecule has 0 spiro atoms. The molecule has 1 aromatic heterocycles. The van der Waals surface area contributed by atoms with Crippen LogP contribution in [0.5, 0.6) is 5.75 Å². The number of aromatic nitrogens is 2. The normalized spacial score (nSPS) is 12.9. The molecule has 0 aliphatic rings. The van der Waals surface area contributed by atoms with Crippen molar-refractivity contribution in [3.63, 3.8) is 0 Å². The number of rotatable bonds is 10. The van der Waals surface area contributed by atoms with Crippen molar-refractivity contribution >= 4 is 27.9 Å². The van der Waals surface area contributed by atoms with E-state index >= 15 is 0 Å². The number of Topliss-reactive ketones (excluding diaryl/α,β-unsaturated/α-hetero) is 1. The number of esters is 1. The second-order valence-electron chi connectivity index (χ2n) is 11.7. The van der Waals surface area contributed by atoms with E-state index in [1.54, 1.807) is 29.8 Å². The van der Waals surface area contributed by atoms with Gasteiger partial charge in [0.25, 0.3) is 0 Å². The Balaban J connectivity index is 2.59. The standard InChI is InChI=1S/C29H44BrN3O4/c1-10-19(11-2)13-14-33-23(26(36)37-12-3)17-32(27(33)31-30)18-24(34)20-15-21(28(4,5)6)25(35)22(16-20)29(7,8)9/h15-17,19,35H,10-14,18H2,1-9H3/b31-27+. The lowest BCUT2D eigenvalue weighted by Gasteiger charge is -2.28. The molecule has 7 nitrogen and oxygen atoms in total. The molecule has 0 aliphatic heterocycles. The van der Waals surface area contributed by atoms with Crippen LogP contribution in [-0.4, -0.2) is 32.6 Å². The summed E-state index contributed by atoms with van der Waals surface area (Å²) in [5, 5.41) is 11.0. The maximum atomic E-state index is 13.6. The Bertz CT molecular complexity index is 1140. The number of carbonyl (C=O) groups is 2. The second kappa shape index (κ2) is 12.5. The SMILES string of the molecule is CCOC(=O)c1cn(CC(=O)c2cc(C(C)(C)C)c(O)c(C(C)(C)C)c2)/c(=N\Br)n1CCC(CC)CC. The van der Waals surface area contributed by atoms with Crippen LogP contribution in [0.4, 0.5) is 0 Å². The highest BCUT2D eigenvalue weighted by molar-refractivity contribution is 9.08. The van der Waals surface area contributed by atoms with E-state index in [4.69, 9.17) is 4.74 Å². The largest absolute Gasteiger partial charge is 0.507 e. The number of ketones is 1. The number of hydrogen-bond donors (Lipinski definition) is 1. The summed E-state index contributed by atoms with van der Waals surface area (Å²) >= 11 is 3.22. The first-order chi connectivity index (χ1) is 17.2. The Labute approximate surface area is 230 Å². The van der Waals surface area contributed by atoms with Gasteiger partial charge in [-0.3, -0.25) is 4.79 Å². The van der Waals surface area contributed by atoms with Gasteiger partial charge in [-0.2, -0.15) is 4.02 Å². The van der Waals surface area contributed by atoms with Crippen LogP contribution in [0.1, 0.15) is 114 Å². The minimum absolute atomic E-state index is 0.00718. The van der Waals surface area contributed by atoms with Crippen LogP contribution in [0, 0.1) is 5.92 Å². The first-order valence-corrected chi connectivity index (χ1v) is 13.9. The summed E-state index contributed by atoms with van der Waals surface area (Å²) in [6, 6.07) is 3.57. The third kappa shape index (κ3) is 7.37. The molecule has 1 N–H and O–H groups in total. The number of imidazole rings is 1. The van der Waals surface area contributed by atoms with Crippen LogP contribution in [0.2, 0.25) is 0 Å². The molecule has 0 unspecified atom stereocenters. The van der Waals surface area contributed by atoms with Gasteiger partial charge >= 0.3 is 5.97 Å². The smallest absolute Gasteiger partial charge is 0.356 e. The number of aromatic hydroxyl groups is 1. The number of ether oxygens (including phenoxy) is 1. The average Bonchev–Trinajstić information content (AvgIpc) is 3.15. The zero-order chi connectivity index (χ0) is 28.1. The van der Waals surface area contributed by atoms with Gasteiger partial charge < -0.3 is 19.0 Å². The summed E-state index contributed by atoms with van der Waals surface area (Å²) in [5.74, 6) is 0.188. The molecule has 0 bridgehead atoms. The van der Waals surface area contributed by atoms with Crippen molar-refractivity contribution in [2.24, 2.45) is 9.94 Å². The summed E-state index contributed by atoms with van der Waals surface area (Å²) in [5.41, 5.74) is 2.13. The average molecular weight is 579 g/mol. The third-order valence-electron chi connectivity index (χ3n) is 6.90. The van der Waals surface area contributed by atoms with Gasteiger partial charge in [-0.05, 0) is 42.2 Å². The summed E-state index contributed by atoms with van der Waals surface area (Å²) in [4.78, 5) is 26.4. The maximum absolute atomic E-state index is 13.6. The van der Waals surface area contributed by atoms with E-state index in [1.165, 1.54) is 0 Å². The van der Waals surface area contributed by atoms with E-state index in [-0.39, 0.29) is 35.5 Å². The lowest BCUT2D eigenvalue weighted by molar-refractivity contribution is 0.0512. The molecule has 2 rings (SSSR count). The van der Waals surface area contributed by atoms with Crippen molar-refractivity contribution in [1.82, 2.24) is 9.13 Å². The zero-order valence-electron chi connectivity index (χ0n) is 23.9. The lowest BCUT2D eigenvalue weighted by Crippen LogP contribution is -2.30. The minimum Gasteiger partial charge on any atom is -0.507 e. The quantitative estimate of drug-likeness (QED) is 0.252. The number of carbonyl (C=O) groups excluding carboxylic acids is 2. The Morgan fingerprint density at radius 2 is 1.57 bits per heavy atom. The van der Waals surface area contributed by atoms with E-state index < -0.39 is 5.97 Å². The summed E-state index contributed by atoms with van der Waals surface area (Å²) in [6.07, 6.45) is 4.65. The van der Waals surface area contributed by atoms with Gasteiger partial charge in [0.1, 0.15) is 11.4 Å². The van der Waals surface area contributed by atoms with Crippen LogP contribution in [0.3, 0.4) is 0 Å². The van der Waals surface area contributed by atoms with Crippen molar-refractivity contribution in [3.8, 4) is 5.75 Å². The molecule has 0 atom stereocenters. The molecule has 0 saturated carbocycles. The number of nitrogens with zero attached hydrogens (tertiary/aromatic N) is 3. The van der Waals surface area contributed by atoms with Crippen molar-refractivity contribution in [2.45, 2.75) is 105 Å².